The van der Waals surface area contributed by atoms with Crippen LogP contribution >= 0.6 is 11.6 Å². The van der Waals surface area contributed by atoms with Gasteiger partial charge in [-0.15, -0.1) is 10.2 Å². The van der Waals surface area contributed by atoms with Crippen molar-refractivity contribution in [3.63, 3.8) is 0 Å². The first kappa shape index (κ1) is 52.1. The van der Waals surface area contributed by atoms with Gasteiger partial charge in [0, 0.05) is 76.7 Å². The van der Waals surface area contributed by atoms with Crippen LogP contribution < -0.4 is 54.5 Å². The number of likely N-dealkylation sites (tertiary alicyclic amines) is 1. The van der Waals surface area contributed by atoms with Crippen molar-refractivity contribution >= 4 is 64.6 Å². The Balaban J connectivity index is 0.00000722. The van der Waals surface area contributed by atoms with E-state index in [1.54, 1.807) is 24.3 Å². The molecule has 1 atom stereocenters. The van der Waals surface area contributed by atoms with Crippen LogP contribution in [0.15, 0.2) is 42.5 Å². The number of unbranched alkanes of at least 4 members (excludes halogenated alkanes) is 1. The molecule has 5 aliphatic rings. The third-order valence-corrected chi connectivity index (χ3v) is 13.9. The zero-order chi connectivity index (χ0) is 48.8. The van der Waals surface area contributed by atoms with E-state index in [-0.39, 0.29) is 109 Å². The number of nitriles is 1. The zero-order valence-corrected chi connectivity index (χ0v) is 41.7. The second-order valence-corrected chi connectivity index (χ2v) is 18.5. The predicted octanol–water partition coefficient (Wildman–Crippen LogP) is 0.228. The van der Waals surface area contributed by atoms with Gasteiger partial charge in [-0.25, -0.2) is 9.29 Å². The predicted molar refractivity (Wildman–Crippen MR) is 242 cm³/mol. The molecule has 1 N–H and O–H groups in total. The fraction of sp³-hybridized carbons (Fsp3) is 0.500. The quantitative estimate of drug-likeness (QED) is 0.0875. The summed E-state index contributed by atoms with van der Waals surface area (Å²) in [5.41, 5.74) is 0.606. The molecule has 1 unspecified atom stereocenters. The van der Waals surface area contributed by atoms with Crippen LogP contribution in [0.25, 0.3) is 0 Å². The summed E-state index contributed by atoms with van der Waals surface area (Å²) in [6.07, 6.45) is 4.51. The molecular formula is C48H52ClFN9NaO10. The monoisotopic (exact) mass is 991 g/mol. The molecular weight excluding hydrogens is 940 g/mol. The van der Waals surface area contributed by atoms with E-state index in [0.717, 1.165) is 69.1 Å². The number of carboxylic acid groups (broad SMARTS) is 1. The van der Waals surface area contributed by atoms with Gasteiger partial charge < -0.3 is 34.5 Å². The molecule has 5 heterocycles. The number of hydrogen-bond acceptors (Lipinski definition) is 16. The molecule has 0 spiro atoms. The van der Waals surface area contributed by atoms with Crippen molar-refractivity contribution in [3.05, 3.63) is 75.7 Å². The fourth-order valence-electron chi connectivity index (χ4n) is 9.67. The minimum absolute atomic E-state index is 0. The van der Waals surface area contributed by atoms with Crippen LogP contribution in [0, 0.1) is 23.1 Å². The van der Waals surface area contributed by atoms with Crippen LogP contribution in [0.1, 0.15) is 114 Å². The molecule has 5 amide bonds. The van der Waals surface area contributed by atoms with Crippen LogP contribution in [0.2, 0.25) is 5.02 Å². The summed E-state index contributed by atoms with van der Waals surface area (Å²) in [7, 11) is 0. The van der Waals surface area contributed by atoms with Crippen molar-refractivity contribution in [2.45, 2.75) is 95.2 Å². The average Bonchev–Trinajstić information content (AvgIpc) is 3.58. The van der Waals surface area contributed by atoms with Gasteiger partial charge >= 0.3 is 35.5 Å². The van der Waals surface area contributed by atoms with Crippen LogP contribution in [-0.2, 0) is 23.9 Å². The first-order valence-electron chi connectivity index (χ1n) is 23.4. The number of piperidine rings is 2. The Morgan fingerprint density at radius 3 is 2.20 bits per heavy atom. The van der Waals surface area contributed by atoms with E-state index in [0.29, 0.717) is 59.2 Å². The number of halogens is 2. The molecule has 1 aliphatic carbocycles. The number of rotatable bonds is 16. The maximum absolute atomic E-state index is 15.7. The van der Waals surface area contributed by atoms with Gasteiger partial charge in [0.15, 0.2) is 18.2 Å². The number of benzene rings is 2. The van der Waals surface area contributed by atoms with Gasteiger partial charge in [0.05, 0.1) is 33.5 Å². The van der Waals surface area contributed by atoms with Gasteiger partial charge in [0.25, 0.3) is 23.6 Å². The van der Waals surface area contributed by atoms with Crippen LogP contribution in [-0.4, -0.2) is 137 Å². The van der Waals surface area contributed by atoms with Gasteiger partial charge in [-0.05, 0) is 107 Å². The third kappa shape index (κ3) is 12.2. The van der Waals surface area contributed by atoms with Gasteiger partial charge in [0.1, 0.15) is 23.7 Å². The number of esters is 1. The Morgan fingerprint density at radius 2 is 1.54 bits per heavy atom. The smallest absolute Gasteiger partial charge is 0.550 e. The largest absolute Gasteiger partial charge is 1.00 e. The number of hydrogen-bond donors (Lipinski definition) is 1. The normalized spacial score (nSPS) is 21.0. The van der Waals surface area contributed by atoms with E-state index in [1.807, 2.05) is 17.0 Å². The third-order valence-electron chi connectivity index (χ3n) is 13.6. The maximum atomic E-state index is 15.7. The Bertz CT molecular complexity index is 2530. The van der Waals surface area contributed by atoms with Crippen molar-refractivity contribution in [1.82, 2.24) is 30.2 Å². The van der Waals surface area contributed by atoms with Gasteiger partial charge in [-0.1, -0.05) is 11.6 Å². The topological polar surface area (TPSA) is 239 Å². The maximum Gasteiger partial charge on any atom is 1.00 e. The Labute approximate surface area is 430 Å². The summed E-state index contributed by atoms with van der Waals surface area (Å²) in [6.45, 7) is 3.95. The second-order valence-electron chi connectivity index (χ2n) is 18.1. The zero-order valence-electron chi connectivity index (χ0n) is 38.9. The molecule has 22 heteroatoms. The van der Waals surface area contributed by atoms with Crippen LogP contribution in [0.4, 0.5) is 15.9 Å². The summed E-state index contributed by atoms with van der Waals surface area (Å²) in [4.78, 5) is 97.0. The van der Waals surface area contributed by atoms with Gasteiger partial charge in [-0.3, -0.25) is 38.6 Å². The standard InChI is InChI=1S/C48H53ClFN9O10.Na/c49-36-23-33(8-5-30(36)26-51)69-32-9-6-31(7-10-32)52-45(64)38-11-13-41(54-53-38)57-17-15-29(16-18-57)27-55-19-21-56(22-20-55)40-25-35-34(24-37(40)50)46(65)59(47(35)66)39-12-14-42(60)58(48(39)67)28-68-44(63)4-2-1-3-43(61)62;/h5,8,11,13,23-25,29,31-32,39H,1-4,6-7,9-10,12,14-22,27-28H2,(H,52,64)(H,61,62);/q;+1/p-1. The summed E-state index contributed by atoms with van der Waals surface area (Å²) < 4.78 is 26.9. The number of aliphatic carboxylic acids is 1. The molecule has 0 radical (unpaired) electrons. The van der Waals surface area contributed by atoms with E-state index in [1.165, 1.54) is 6.07 Å². The number of amides is 5. The summed E-state index contributed by atoms with van der Waals surface area (Å²) >= 11 is 6.15. The molecule has 19 nitrogen and oxygen atoms in total. The Hall–Kier alpha value is -5.72. The molecule has 3 aromatic rings. The molecule has 2 aromatic carbocycles. The number of imide groups is 2. The molecule has 1 saturated carbocycles. The first-order chi connectivity index (χ1) is 33.3. The minimum atomic E-state index is -1.36. The van der Waals surface area contributed by atoms with Crippen molar-refractivity contribution in [2.24, 2.45) is 5.92 Å². The molecule has 364 valence electrons. The molecule has 70 heavy (non-hydrogen) atoms. The molecule has 4 fully saturated rings. The van der Waals surface area contributed by atoms with Crippen LogP contribution in [0.5, 0.6) is 5.75 Å². The van der Waals surface area contributed by atoms with Crippen molar-refractivity contribution in [1.29, 1.82) is 5.26 Å². The second kappa shape index (κ2) is 23.5. The van der Waals surface area contributed by atoms with Gasteiger partial charge in [0.2, 0.25) is 5.91 Å². The number of anilines is 2. The molecule has 4 aliphatic heterocycles. The van der Waals surface area contributed by atoms with E-state index in [4.69, 9.17) is 26.3 Å². The average molecular weight is 992 g/mol. The SMILES string of the molecule is N#Cc1ccc(OC2CCC(NC(=O)c3ccc(N4CCC(CN5CCN(c6cc7c(cc6F)C(=O)N(C6CCC(=O)N(COC(=O)CCCCC(=O)[O-])C6=O)C7=O)CC5)CC4)nn3)CC2)cc1Cl.[Na+]. The van der Waals surface area contributed by atoms with E-state index in [9.17, 15) is 38.7 Å². The summed E-state index contributed by atoms with van der Waals surface area (Å²) in [5, 5.41) is 31.8. The van der Waals surface area contributed by atoms with E-state index >= 15 is 4.39 Å². The van der Waals surface area contributed by atoms with Crippen LogP contribution in [0.3, 0.4) is 0 Å². The number of ether oxygens (including phenoxy) is 2. The summed E-state index contributed by atoms with van der Waals surface area (Å²) in [6, 6.07) is 11.6. The first-order valence-corrected chi connectivity index (χ1v) is 23.8. The number of carboxylic acids is 1. The van der Waals surface area contributed by atoms with Gasteiger partial charge in [-0.2, -0.15) is 5.26 Å². The number of fused-ring (bicyclic) bond motifs is 1. The number of carbonyl (C=O) groups is 7. The van der Waals surface area contributed by atoms with E-state index < -0.39 is 54.2 Å². The molecule has 3 saturated heterocycles. The number of aromatic nitrogens is 2. The fourth-order valence-corrected chi connectivity index (χ4v) is 9.88. The molecule has 1 aromatic heterocycles. The molecule has 0 bridgehead atoms. The van der Waals surface area contributed by atoms with Crippen molar-refractivity contribution < 1.29 is 82.1 Å². The van der Waals surface area contributed by atoms with Crippen molar-refractivity contribution in [2.75, 3.05) is 62.3 Å². The number of nitrogens with one attached hydrogen (secondary N) is 1. The number of carbonyl (C=O) groups excluding carboxylic acids is 7. The Kier molecular flexibility index (Phi) is 17.5. The van der Waals surface area contributed by atoms with Crippen molar-refractivity contribution in [3.8, 4) is 11.8 Å². The molecule has 8 rings (SSSR count). The summed E-state index contributed by atoms with van der Waals surface area (Å²) in [5.74, 6) is -4.38. The number of nitrogens with zero attached hydrogens (tertiary/aromatic N) is 8. The number of piperazine rings is 1. The Morgan fingerprint density at radius 1 is 0.843 bits per heavy atom. The van der Waals surface area contributed by atoms with E-state index in [2.05, 4.69) is 25.3 Å². The minimum Gasteiger partial charge on any atom is -0.550 e.